The zero-order valence-electron chi connectivity index (χ0n) is 16.9. The Labute approximate surface area is 172 Å². The van der Waals surface area contributed by atoms with Crippen LogP contribution in [0.15, 0.2) is 66.2 Å². The zero-order valence-corrected chi connectivity index (χ0v) is 16.9. The standard InChI is InChI=1S/C23H28N4O2/c1-17(2)20-10-6-7-11-21(20)24-23(29)26-25-22(28)16-18-12-14-27(15-13-18)19-8-4-3-5-9-19/h3-12,17H,13-16H2,1-2H3,(H,25,28)(H2,24,26,29). The van der Waals surface area contributed by atoms with E-state index < -0.39 is 6.03 Å². The Kier molecular flexibility index (Phi) is 6.89. The van der Waals surface area contributed by atoms with Crippen molar-refractivity contribution < 1.29 is 9.59 Å². The first kappa shape index (κ1) is 20.5. The van der Waals surface area contributed by atoms with E-state index in [0.717, 1.165) is 36.3 Å². The summed E-state index contributed by atoms with van der Waals surface area (Å²) in [5.74, 6) is 0.0616. The molecule has 1 heterocycles. The molecule has 0 aromatic heterocycles. The Balaban J connectivity index is 1.44. The van der Waals surface area contributed by atoms with Crippen LogP contribution in [-0.4, -0.2) is 25.0 Å². The highest BCUT2D eigenvalue weighted by Gasteiger charge is 2.15. The SMILES string of the molecule is CC(C)c1ccccc1NC(=O)NNC(=O)CC1=CCN(c2ccccc2)CC1. The van der Waals surface area contributed by atoms with Crippen molar-refractivity contribution >= 4 is 23.3 Å². The lowest BCUT2D eigenvalue weighted by Crippen LogP contribution is -2.44. The molecule has 6 heteroatoms. The van der Waals surface area contributed by atoms with Crippen molar-refractivity contribution in [3.8, 4) is 0 Å². The van der Waals surface area contributed by atoms with E-state index >= 15 is 0 Å². The van der Waals surface area contributed by atoms with Gasteiger partial charge in [0.1, 0.15) is 0 Å². The second kappa shape index (κ2) is 9.78. The van der Waals surface area contributed by atoms with Gasteiger partial charge in [0.2, 0.25) is 5.91 Å². The molecule has 152 valence electrons. The highest BCUT2D eigenvalue weighted by Crippen LogP contribution is 2.23. The third-order valence-corrected chi connectivity index (χ3v) is 4.96. The molecule has 29 heavy (non-hydrogen) atoms. The van der Waals surface area contributed by atoms with Crippen LogP contribution >= 0.6 is 0 Å². The molecule has 0 saturated carbocycles. The largest absolute Gasteiger partial charge is 0.367 e. The van der Waals surface area contributed by atoms with Crippen LogP contribution in [0.3, 0.4) is 0 Å². The molecule has 0 unspecified atom stereocenters. The smallest absolute Gasteiger partial charge is 0.337 e. The number of carbonyl (C=O) groups is 2. The summed E-state index contributed by atoms with van der Waals surface area (Å²) in [5.41, 5.74) is 8.98. The van der Waals surface area contributed by atoms with Crippen LogP contribution < -0.4 is 21.1 Å². The Morgan fingerprint density at radius 2 is 1.72 bits per heavy atom. The van der Waals surface area contributed by atoms with E-state index in [0.29, 0.717) is 0 Å². The van der Waals surface area contributed by atoms with Crippen LogP contribution in [0.25, 0.3) is 0 Å². The van der Waals surface area contributed by atoms with E-state index in [-0.39, 0.29) is 18.2 Å². The first-order valence-corrected chi connectivity index (χ1v) is 9.95. The number of benzene rings is 2. The summed E-state index contributed by atoms with van der Waals surface area (Å²) in [6.07, 6.45) is 3.21. The van der Waals surface area contributed by atoms with Crippen molar-refractivity contribution in [2.24, 2.45) is 0 Å². The van der Waals surface area contributed by atoms with Crippen LogP contribution in [-0.2, 0) is 4.79 Å². The fourth-order valence-electron chi connectivity index (χ4n) is 3.39. The molecule has 0 fully saturated rings. The molecule has 0 aliphatic carbocycles. The lowest BCUT2D eigenvalue weighted by atomic mass is 10.0. The number of hydrogen-bond donors (Lipinski definition) is 3. The minimum Gasteiger partial charge on any atom is -0.367 e. The molecular weight excluding hydrogens is 364 g/mol. The molecule has 6 nitrogen and oxygen atoms in total. The number of para-hydroxylation sites is 2. The van der Waals surface area contributed by atoms with Gasteiger partial charge in [-0.05, 0) is 36.1 Å². The predicted molar refractivity (Wildman–Crippen MR) is 117 cm³/mol. The van der Waals surface area contributed by atoms with Crippen molar-refractivity contribution in [1.82, 2.24) is 10.9 Å². The highest BCUT2D eigenvalue weighted by molar-refractivity contribution is 5.92. The number of rotatable bonds is 5. The van der Waals surface area contributed by atoms with Gasteiger partial charge < -0.3 is 10.2 Å². The molecule has 1 aliphatic rings. The number of hydrazine groups is 1. The molecule has 0 atom stereocenters. The molecule has 0 saturated heterocycles. The number of anilines is 2. The number of amides is 3. The van der Waals surface area contributed by atoms with Crippen LogP contribution in [0.4, 0.5) is 16.2 Å². The zero-order chi connectivity index (χ0) is 20.6. The monoisotopic (exact) mass is 392 g/mol. The molecule has 1 aliphatic heterocycles. The van der Waals surface area contributed by atoms with Crippen LogP contribution in [0, 0.1) is 0 Å². The van der Waals surface area contributed by atoms with Gasteiger partial charge in [0, 0.05) is 30.9 Å². The Bertz CT molecular complexity index is 877. The number of urea groups is 1. The molecule has 2 aromatic rings. The van der Waals surface area contributed by atoms with E-state index in [9.17, 15) is 9.59 Å². The third-order valence-electron chi connectivity index (χ3n) is 4.96. The maximum atomic E-state index is 12.2. The minimum atomic E-state index is -0.459. The van der Waals surface area contributed by atoms with Crippen LogP contribution in [0.1, 0.15) is 38.2 Å². The summed E-state index contributed by atoms with van der Waals surface area (Å²) in [6.45, 7) is 5.80. The molecular formula is C23H28N4O2. The van der Waals surface area contributed by atoms with Gasteiger partial charge in [-0.2, -0.15) is 0 Å². The molecule has 0 radical (unpaired) electrons. The molecule has 3 amide bonds. The van der Waals surface area contributed by atoms with Crippen molar-refractivity contribution in [2.75, 3.05) is 23.3 Å². The number of nitrogens with one attached hydrogen (secondary N) is 3. The van der Waals surface area contributed by atoms with E-state index in [4.69, 9.17) is 0 Å². The first-order chi connectivity index (χ1) is 14.0. The normalized spacial score (nSPS) is 13.6. The topological polar surface area (TPSA) is 73.5 Å². The number of carbonyl (C=O) groups excluding carboxylic acids is 2. The fourth-order valence-corrected chi connectivity index (χ4v) is 3.39. The fraction of sp³-hybridized carbons (Fsp3) is 0.304. The van der Waals surface area contributed by atoms with E-state index in [2.05, 4.69) is 53.1 Å². The Morgan fingerprint density at radius 1 is 1.00 bits per heavy atom. The van der Waals surface area contributed by atoms with Gasteiger partial charge in [0.15, 0.2) is 0 Å². The van der Waals surface area contributed by atoms with Gasteiger partial charge in [-0.15, -0.1) is 0 Å². The molecule has 0 bridgehead atoms. The minimum absolute atomic E-state index is 0.225. The third kappa shape index (κ3) is 5.85. The summed E-state index contributed by atoms with van der Waals surface area (Å²) < 4.78 is 0. The lowest BCUT2D eigenvalue weighted by molar-refractivity contribution is -0.121. The van der Waals surface area contributed by atoms with Gasteiger partial charge >= 0.3 is 6.03 Å². The van der Waals surface area contributed by atoms with E-state index in [1.165, 1.54) is 5.69 Å². The first-order valence-electron chi connectivity index (χ1n) is 9.95. The molecule has 3 N–H and O–H groups in total. The molecule has 2 aromatic carbocycles. The maximum Gasteiger partial charge on any atom is 0.337 e. The van der Waals surface area contributed by atoms with Crippen molar-refractivity contribution in [2.45, 2.75) is 32.6 Å². The summed E-state index contributed by atoms with van der Waals surface area (Å²) >= 11 is 0. The predicted octanol–water partition coefficient (Wildman–Crippen LogP) is 4.19. The Morgan fingerprint density at radius 3 is 2.41 bits per heavy atom. The average molecular weight is 393 g/mol. The number of nitrogens with zero attached hydrogens (tertiary/aromatic N) is 1. The van der Waals surface area contributed by atoms with E-state index in [1.54, 1.807) is 0 Å². The summed E-state index contributed by atoms with van der Waals surface area (Å²) in [4.78, 5) is 26.6. The summed E-state index contributed by atoms with van der Waals surface area (Å²) in [6, 6.07) is 17.4. The van der Waals surface area contributed by atoms with Gasteiger partial charge in [-0.25, -0.2) is 10.2 Å². The maximum absolute atomic E-state index is 12.2. The molecule has 3 rings (SSSR count). The lowest BCUT2D eigenvalue weighted by Gasteiger charge is -2.28. The van der Waals surface area contributed by atoms with Crippen LogP contribution in [0.5, 0.6) is 0 Å². The van der Waals surface area contributed by atoms with Crippen LogP contribution in [0.2, 0.25) is 0 Å². The number of hydrogen-bond acceptors (Lipinski definition) is 3. The Hall–Kier alpha value is -3.28. The van der Waals surface area contributed by atoms with Gasteiger partial charge in [-0.3, -0.25) is 10.2 Å². The summed E-state index contributed by atoms with van der Waals surface area (Å²) in [7, 11) is 0. The van der Waals surface area contributed by atoms with Gasteiger partial charge in [-0.1, -0.05) is 61.9 Å². The average Bonchev–Trinajstić information content (AvgIpc) is 2.74. The second-order valence-electron chi connectivity index (χ2n) is 7.44. The van der Waals surface area contributed by atoms with Gasteiger partial charge in [0.05, 0.1) is 0 Å². The van der Waals surface area contributed by atoms with Crippen molar-refractivity contribution in [1.29, 1.82) is 0 Å². The van der Waals surface area contributed by atoms with Gasteiger partial charge in [0.25, 0.3) is 0 Å². The second-order valence-corrected chi connectivity index (χ2v) is 7.44. The summed E-state index contributed by atoms with van der Waals surface area (Å²) in [5, 5.41) is 2.79. The van der Waals surface area contributed by atoms with Crippen molar-refractivity contribution in [3.63, 3.8) is 0 Å². The molecule has 0 spiro atoms. The van der Waals surface area contributed by atoms with E-state index in [1.807, 2.05) is 42.5 Å². The highest BCUT2D eigenvalue weighted by atomic mass is 16.2. The van der Waals surface area contributed by atoms with Crippen molar-refractivity contribution in [3.05, 3.63) is 71.8 Å². The quantitative estimate of drug-likeness (QED) is 0.528.